The number of likely N-dealkylation sites (N-methyl/N-ethyl adjacent to an activating group) is 1. The molecule has 0 saturated carbocycles. The molecule has 0 bridgehead atoms. The number of aliphatic hydroxyl groups excluding tert-OH is 3. The number of anilines is 1. The molecule has 43 heavy (non-hydrogen) atoms. The Morgan fingerprint density at radius 1 is 1.12 bits per heavy atom. The maximum absolute atomic E-state index is 11.0. The number of hydrogen-bond acceptors (Lipinski definition) is 11. The van der Waals surface area contributed by atoms with Gasteiger partial charge in [0.1, 0.15) is 65.7 Å². The first-order valence-corrected chi connectivity index (χ1v) is 15.8. The highest BCUT2D eigenvalue weighted by Crippen LogP contribution is 2.32. The van der Waals surface area contributed by atoms with Gasteiger partial charge >= 0.3 is 0 Å². The number of fused-ring (bicyclic) bond motifs is 1. The average Bonchev–Trinajstić information content (AvgIpc) is 3.56. The highest BCUT2D eigenvalue weighted by Gasteiger charge is 2.45. The van der Waals surface area contributed by atoms with Gasteiger partial charge in [-0.15, -0.1) is 0 Å². The first kappa shape index (κ1) is 31.1. The Bertz CT molecular complexity index is 1490. The third kappa shape index (κ3) is 7.27. The highest BCUT2D eigenvalue weighted by atomic mass is 32.2. The number of ether oxygens (including phenoxy) is 2. The van der Waals surface area contributed by atoms with Gasteiger partial charge in [-0.25, -0.2) is 15.0 Å². The van der Waals surface area contributed by atoms with Crippen molar-refractivity contribution in [2.75, 3.05) is 45.1 Å². The minimum Gasteiger partial charge on any atom is -0.496 e. The van der Waals surface area contributed by atoms with Crippen LogP contribution in [-0.2, 0) is 33.1 Å². The summed E-state index contributed by atoms with van der Waals surface area (Å²) in [6.07, 6.45) is 0.774. The van der Waals surface area contributed by atoms with Crippen molar-refractivity contribution in [3.63, 3.8) is 0 Å². The van der Waals surface area contributed by atoms with Crippen LogP contribution in [0.25, 0.3) is 11.2 Å². The Morgan fingerprint density at radius 2 is 1.91 bits per heavy atom. The van der Waals surface area contributed by atoms with Gasteiger partial charge < -0.3 is 30.5 Å². The van der Waals surface area contributed by atoms with Crippen LogP contribution in [0.5, 0.6) is 5.75 Å². The van der Waals surface area contributed by atoms with E-state index in [0.717, 1.165) is 23.4 Å². The van der Waals surface area contributed by atoms with Crippen LogP contribution in [-0.4, -0.2) is 97.4 Å². The number of nitrogens with zero attached hydrogens (tertiary/aromatic N) is 5. The van der Waals surface area contributed by atoms with Gasteiger partial charge in [0.25, 0.3) is 0 Å². The Labute approximate surface area is 253 Å². The molecule has 0 amide bonds. The van der Waals surface area contributed by atoms with E-state index in [-0.39, 0.29) is 12.4 Å². The molecule has 1 saturated heterocycles. The molecule has 13 heteroatoms. The third-order valence-corrected chi connectivity index (χ3v) is 8.88. The lowest BCUT2D eigenvalue weighted by atomic mass is 10.0. The van der Waals surface area contributed by atoms with E-state index < -0.39 is 41.8 Å². The second-order valence-corrected chi connectivity index (χ2v) is 12.5. The number of hydrogen-bond donors (Lipinski definition) is 4. The topological polar surface area (TPSA) is 161 Å². The molecule has 230 valence electrons. The minimum absolute atomic E-state index is 0.0989. The number of nitrogens with two attached hydrogens (primary N) is 1. The predicted octanol–water partition coefficient (Wildman–Crippen LogP) is 1.62. The zero-order valence-electron chi connectivity index (χ0n) is 24.5. The fourth-order valence-corrected chi connectivity index (χ4v) is 6.20. The minimum atomic E-state index is -1.20. The van der Waals surface area contributed by atoms with Crippen molar-refractivity contribution in [3.8, 4) is 5.75 Å². The second kappa shape index (κ2) is 14.0. The quantitative estimate of drug-likeness (QED) is 0.163. The van der Waals surface area contributed by atoms with E-state index in [1.54, 1.807) is 11.7 Å². The van der Waals surface area contributed by atoms with Crippen LogP contribution < -0.4 is 10.5 Å². The van der Waals surface area contributed by atoms with E-state index in [1.807, 2.05) is 49.7 Å². The van der Waals surface area contributed by atoms with Crippen molar-refractivity contribution in [2.24, 2.45) is 0 Å². The number of imidazole rings is 1. The van der Waals surface area contributed by atoms with E-state index in [1.165, 1.54) is 18.2 Å². The molecular weight excluding hydrogens is 572 g/mol. The molecule has 3 heterocycles. The zero-order valence-corrected chi connectivity index (χ0v) is 25.3. The monoisotopic (exact) mass is 611 g/mol. The van der Waals surface area contributed by atoms with E-state index >= 15 is 0 Å². The summed E-state index contributed by atoms with van der Waals surface area (Å²) < 4.78 is 19.2. The van der Waals surface area contributed by atoms with Crippen molar-refractivity contribution >= 4 is 28.2 Å². The normalized spacial score (nSPS) is 21.8. The maximum atomic E-state index is 11.0. The lowest BCUT2D eigenvalue weighted by Gasteiger charge is -2.21. The molecule has 6 atom stereocenters. The third-order valence-electron chi connectivity index (χ3n) is 7.56. The number of aromatic nitrogens is 4. The number of rotatable bonds is 13. The molecule has 0 aliphatic carbocycles. The number of aliphatic hydroxyl groups is 3. The van der Waals surface area contributed by atoms with Crippen LogP contribution in [0.1, 0.15) is 29.0 Å². The zero-order chi connectivity index (χ0) is 30.5. The number of benzene rings is 2. The van der Waals surface area contributed by atoms with Crippen LogP contribution in [0, 0.1) is 0 Å². The van der Waals surface area contributed by atoms with Gasteiger partial charge in [-0.2, -0.15) is 4.18 Å². The molecule has 0 spiro atoms. The number of methoxy groups -OCH3 is 1. The molecule has 2 unspecified atom stereocenters. The fourth-order valence-electron chi connectivity index (χ4n) is 5.21. The van der Waals surface area contributed by atoms with Crippen LogP contribution in [0.2, 0.25) is 0 Å². The average molecular weight is 612 g/mol. The number of aryl methyl sites for hydroxylation is 1. The van der Waals surface area contributed by atoms with Gasteiger partial charge in [-0.1, -0.05) is 36.4 Å². The van der Waals surface area contributed by atoms with E-state index in [0.29, 0.717) is 29.9 Å². The van der Waals surface area contributed by atoms with Crippen LogP contribution >= 0.6 is 0 Å². The van der Waals surface area contributed by atoms with Crippen molar-refractivity contribution in [3.05, 3.63) is 77.9 Å². The Morgan fingerprint density at radius 3 is 2.67 bits per heavy atom. The van der Waals surface area contributed by atoms with Gasteiger partial charge in [0.15, 0.2) is 17.7 Å². The molecule has 2 aromatic carbocycles. The summed E-state index contributed by atoms with van der Waals surface area (Å²) >= 11 is -0.481. The summed E-state index contributed by atoms with van der Waals surface area (Å²) in [5.74, 6) is 1.67. The summed E-state index contributed by atoms with van der Waals surface area (Å²) in [6.45, 7) is 1.34. The van der Waals surface area contributed by atoms with Crippen molar-refractivity contribution in [1.82, 2.24) is 24.4 Å². The molecule has 4 aromatic rings. The Hall–Kier alpha value is -3.30. The van der Waals surface area contributed by atoms with Crippen LogP contribution in [0.3, 0.4) is 0 Å². The molecule has 5 N–H and O–H groups in total. The van der Waals surface area contributed by atoms with Gasteiger partial charge in [0, 0.05) is 19.5 Å². The molecular formula is C30H39N6O6S+. The molecule has 1 aliphatic rings. The van der Waals surface area contributed by atoms with Crippen LogP contribution in [0.4, 0.5) is 5.82 Å². The van der Waals surface area contributed by atoms with Gasteiger partial charge in [0.05, 0.1) is 19.5 Å². The number of nitrogen functional groups attached to an aromatic ring is 1. The Kier molecular flexibility index (Phi) is 10.1. The molecule has 12 nitrogen and oxygen atoms in total. The molecule has 5 rings (SSSR count). The largest absolute Gasteiger partial charge is 0.496 e. The van der Waals surface area contributed by atoms with Gasteiger partial charge in [-0.3, -0.25) is 9.47 Å². The fraction of sp³-hybridized carbons (Fsp3) is 0.433. The summed E-state index contributed by atoms with van der Waals surface area (Å²) in [5, 5.41) is 32.4. The van der Waals surface area contributed by atoms with Gasteiger partial charge in [-0.05, 0) is 35.9 Å². The van der Waals surface area contributed by atoms with Crippen molar-refractivity contribution in [2.45, 2.75) is 43.6 Å². The van der Waals surface area contributed by atoms with E-state index in [4.69, 9.17) is 19.4 Å². The summed E-state index contributed by atoms with van der Waals surface area (Å²) in [6, 6.07) is 16.0. The smallest absolute Gasteiger partial charge is 0.167 e. The summed E-state index contributed by atoms with van der Waals surface area (Å²) in [5.41, 5.74) is 9.68. The summed E-state index contributed by atoms with van der Waals surface area (Å²) in [7, 11) is 3.63. The predicted molar refractivity (Wildman–Crippen MR) is 164 cm³/mol. The lowest BCUT2D eigenvalue weighted by molar-refractivity contribution is -0.0458. The molecule has 1 aliphatic heterocycles. The standard InChI is InChI=1S/C30H39N6O6S/c1-35(14-19-7-5-4-6-8-19)15-22(37)20-9-10-23(40-2)21(13-20)11-12-43(3)41-16-24-26(38)27(39)30(42-24)36-18-34-25-28(31)32-17-33-29(25)36/h4-10,13,17-18,22,24,26-27,30,37-39H,11-12,14-16H2,1-3H3,(H2,31,32,33)/q+1/t22?,24-,26-,27-,30-,43?/m1/s1. The van der Waals surface area contributed by atoms with Crippen LogP contribution in [0.15, 0.2) is 61.2 Å². The van der Waals surface area contributed by atoms with Crippen molar-refractivity contribution in [1.29, 1.82) is 0 Å². The summed E-state index contributed by atoms with van der Waals surface area (Å²) in [4.78, 5) is 14.4. The lowest BCUT2D eigenvalue weighted by Crippen LogP contribution is -2.34. The van der Waals surface area contributed by atoms with Gasteiger partial charge in [0.2, 0.25) is 0 Å². The highest BCUT2D eigenvalue weighted by molar-refractivity contribution is 7.91. The maximum Gasteiger partial charge on any atom is 0.167 e. The first-order chi connectivity index (χ1) is 20.7. The Balaban J connectivity index is 1.14. The molecule has 2 aromatic heterocycles. The second-order valence-electron chi connectivity index (χ2n) is 10.7. The van der Waals surface area contributed by atoms with E-state index in [2.05, 4.69) is 32.0 Å². The molecule has 1 fully saturated rings. The van der Waals surface area contributed by atoms with E-state index in [9.17, 15) is 15.3 Å². The SMILES string of the molecule is COc1ccc(C(O)CN(C)Cc2ccccc2)cc1CC[S+](C)OC[C@H]1O[C@@H](n2cnc3c(N)ncnc32)[C@H](O)[C@@H]1O. The van der Waals surface area contributed by atoms with Crippen molar-refractivity contribution < 1.29 is 29.0 Å². The molecule has 0 radical (unpaired) electrons. The first-order valence-electron chi connectivity index (χ1n) is 14.0.